The van der Waals surface area contributed by atoms with Gasteiger partial charge in [-0.15, -0.1) is 0 Å². The third kappa shape index (κ3) is 3.81. The molecule has 0 bridgehead atoms. The van der Waals surface area contributed by atoms with Crippen LogP contribution >= 0.6 is 0 Å². The van der Waals surface area contributed by atoms with Crippen LogP contribution in [0.5, 0.6) is 5.75 Å². The molecule has 0 radical (unpaired) electrons. The summed E-state index contributed by atoms with van der Waals surface area (Å²) in [4.78, 5) is 26.9. The Kier molecular flexibility index (Phi) is 6.19. The van der Waals surface area contributed by atoms with Gasteiger partial charge in [-0.3, -0.25) is 9.59 Å². The van der Waals surface area contributed by atoms with E-state index in [1.54, 1.807) is 36.4 Å². The third-order valence-corrected chi connectivity index (χ3v) is 4.79. The molecule has 28 heavy (non-hydrogen) atoms. The van der Waals surface area contributed by atoms with Crippen molar-refractivity contribution >= 4 is 17.4 Å². The van der Waals surface area contributed by atoms with Gasteiger partial charge in [-0.05, 0) is 49.7 Å². The van der Waals surface area contributed by atoms with Crippen LogP contribution < -0.4 is 4.74 Å². The Morgan fingerprint density at radius 3 is 2.50 bits per heavy atom. The number of hydrogen-bond acceptors (Lipinski definition) is 5. The minimum Gasteiger partial charge on any atom is -0.507 e. The molecule has 1 atom stereocenters. The molecular formula is C22H25NO5. The number of hydrogen-bond donors (Lipinski definition) is 1. The van der Waals surface area contributed by atoms with Gasteiger partial charge < -0.3 is 19.2 Å². The highest BCUT2D eigenvalue weighted by Crippen LogP contribution is 2.39. The summed E-state index contributed by atoms with van der Waals surface area (Å²) in [5, 5.41) is 10.9. The molecule has 1 N–H and O–H groups in total. The topological polar surface area (TPSA) is 80.0 Å². The van der Waals surface area contributed by atoms with E-state index in [0.29, 0.717) is 30.2 Å². The largest absolute Gasteiger partial charge is 0.507 e. The van der Waals surface area contributed by atoms with Gasteiger partial charge in [-0.1, -0.05) is 19.8 Å². The van der Waals surface area contributed by atoms with E-state index in [2.05, 4.69) is 6.92 Å². The molecule has 1 aromatic heterocycles. The van der Waals surface area contributed by atoms with Crippen molar-refractivity contribution in [1.29, 1.82) is 0 Å². The third-order valence-electron chi connectivity index (χ3n) is 4.79. The lowest BCUT2D eigenvalue weighted by molar-refractivity contribution is -0.140. The average molecular weight is 383 g/mol. The molecule has 3 rings (SSSR count). The first-order chi connectivity index (χ1) is 13.6. The van der Waals surface area contributed by atoms with Crippen LogP contribution in [-0.4, -0.2) is 34.8 Å². The smallest absolute Gasteiger partial charge is 0.295 e. The first kappa shape index (κ1) is 19.7. The number of benzene rings is 1. The van der Waals surface area contributed by atoms with E-state index in [1.165, 1.54) is 11.2 Å². The predicted molar refractivity (Wildman–Crippen MR) is 105 cm³/mol. The summed E-state index contributed by atoms with van der Waals surface area (Å²) in [5.41, 5.74) is 0.507. The molecule has 6 nitrogen and oxygen atoms in total. The number of furan rings is 1. The summed E-state index contributed by atoms with van der Waals surface area (Å²) >= 11 is 0. The van der Waals surface area contributed by atoms with E-state index in [-0.39, 0.29) is 11.3 Å². The fourth-order valence-electron chi connectivity index (χ4n) is 3.42. The van der Waals surface area contributed by atoms with E-state index in [9.17, 15) is 14.7 Å². The van der Waals surface area contributed by atoms with Crippen molar-refractivity contribution < 1.29 is 23.8 Å². The van der Waals surface area contributed by atoms with Gasteiger partial charge in [0, 0.05) is 12.1 Å². The number of carbonyl (C=O) groups excluding carboxylic acids is 2. The maximum Gasteiger partial charge on any atom is 0.295 e. The SMILES string of the molecule is CCCCCN1C(=O)C(=O)/C(=C(\O)c2ccc(OCC)cc2)C1c1ccco1. The number of likely N-dealkylation sites (tertiary alicyclic amines) is 1. The Bertz CT molecular complexity index is 852. The highest BCUT2D eigenvalue weighted by Gasteiger charge is 2.47. The minimum atomic E-state index is -0.724. The van der Waals surface area contributed by atoms with Crippen LogP contribution in [0.4, 0.5) is 0 Å². The molecule has 1 fully saturated rings. The molecule has 1 aliphatic heterocycles. The zero-order valence-electron chi connectivity index (χ0n) is 16.2. The van der Waals surface area contributed by atoms with Crippen LogP contribution in [0.25, 0.3) is 5.76 Å². The van der Waals surface area contributed by atoms with Crippen LogP contribution in [0.1, 0.15) is 50.5 Å². The number of rotatable bonds is 8. The summed E-state index contributed by atoms with van der Waals surface area (Å²) in [5.74, 6) is -0.375. The molecule has 2 aromatic rings. The quantitative estimate of drug-likeness (QED) is 0.318. The lowest BCUT2D eigenvalue weighted by atomic mass is 9.99. The van der Waals surface area contributed by atoms with Crippen molar-refractivity contribution in [3.63, 3.8) is 0 Å². The van der Waals surface area contributed by atoms with Gasteiger partial charge in [0.05, 0.1) is 18.4 Å². The predicted octanol–water partition coefficient (Wildman–Crippen LogP) is 4.29. The number of amides is 1. The summed E-state index contributed by atoms with van der Waals surface area (Å²) < 4.78 is 10.9. The first-order valence-electron chi connectivity index (χ1n) is 9.63. The van der Waals surface area contributed by atoms with Crippen LogP contribution in [0, 0.1) is 0 Å². The Balaban J connectivity index is 2.01. The Hall–Kier alpha value is -3.02. The van der Waals surface area contributed by atoms with Crippen LogP contribution in [0.2, 0.25) is 0 Å². The Labute approximate surface area is 164 Å². The number of carbonyl (C=O) groups is 2. The van der Waals surface area contributed by atoms with E-state index in [0.717, 1.165) is 19.3 Å². The van der Waals surface area contributed by atoms with Crippen LogP contribution in [0.3, 0.4) is 0 Å². The highest BCUT2D eigenvalue weighted by molar-refractivity contribution is 6.46. The molecule has 6 heteroatoms. The summed E-state index contributed by atoms with van der Waals surface area (Å²) in [6.45, 7) is 4.93. The van der Waals surface area contributed by atoms with Crippen molar-refractivity contribution in [2.24, 2.45) is 0 Å². The Morgan fingerprint density at radius 1 is 1.14 bits per heavy atom. The highest BCUT2D eigenvalue weighted by atomic mass is 16.5. The lowest BCUT2D eigenvalue weighted by Gasteiger charge is -2.23. The van der Waals surface area contributed by atoms with Crippen molar-refractivity contribution in [3.8, 4) is 5.75 Å². The molecule has 2 heterocycles. The summed E-state index contributed by atoms with van der Waals surface area (Å²) in [7, 11) is 0. The summed E-state index contributed by atoms with van der Waals surface area (Å²) in [6.07, 6.45) is 4.23. The van der Waals surface area contributed by atoms with Crippen LogP contribution in [-0.2, 0) is 9.59 Å². The molecule has 1 saturated heterocycles. The maximum atomic E-state index is 12.8. The number of nitrogens with zero attached hydrogens (tertiary/aromatic N) is 1. The number of ether oxygens (including phenoxy) is 1. The molecule has 0 saturated carbocycles. The van der Waals surface area contributed by atoms with E-state index >= 15 is 0 Å². The number of aliphatic hydroxyl groups is 1. The van der Waals surface area contributed by atoms with E-state index in [1.807, 2.05) is 6.92 Å². The summed E-state index contributed by atoms with van der Waals surface area (Å²) in [6, 6.07) is 9.48. The average Bonchev–Trinajstić information content (AvgIpc) is 3.31. The first-order valence-corrected chi connectivity index (χ1v) is 9.63. The standard InChI is InChI=1S/C22H25NO5/c1-3-5-6-13-23-19(17-8-7-14-28-17)18(21(25)22(23)26)20(24)15-9-11-16(12-10-15)27-4-2/h7-12,14,19,24H,3-6,13H2,1-2H3/b20-18-. The maximum absolute atomic E-state index is 12.8. The van der Waals surface area contributed by atoms with Gasteiger partial charge in [0.1, 0.15) is 23.3 Å². The van der Waals surface area contributed by atoms with E-state index < -0.39 is 17.7 Å². The molecule has 1 amide bonds. The molecule has 1 aliphatic rings. The van der Waals surface area contributed by atoms with Gasteiger partial charge >= 0.3 is 0 Å². The molecule has 1 unspecified atom stereocenters. The van der Waals surface area contributed by atoms with Gasteiger partial charge in [-0.25, -0.2) is 0 Å². The van der Waals surface area contributed by atoms with Crippen molar-refractivity contribution in [1.82, 2.24) is 4.90 Å². The minimum absolute atomic E-state index is 0.0561. The van der Waals surface area contributed by atoms with Gasteiger partial charge in [0.2, 0.25) is 0 Å². The zero-order chi connectivity index (χ0) is 20.1. The number of unbranched alkanes of at least 4 members (excludes halogenated alkanes) is 2. The fourth-order valence-corrected chi connectivity index (χ4v) is 3.42. The normalized spacial score (nSPS) is 18.6. The van der Waals surface area contributed by atoms with E-state index in [4.69, 9.17) is 9.15 Å². The molecule has 0 aliphatic carbocycles. The van der Waals surface area contributed by atoms with Gasteiger partial charge in [0.15, 0.2) is 0 Å². The fraction of sp³-hybridized carbons (Fsp3) is 0.364. The van der Waals surface area contributed by atoms with Crippen molar-refractivity contribution in [2.75, 3.05) is 13.2 Å². The number of Topliss-reactive ketones (excluding diaryl/α,β-unsaturated/α-hetero) is 1. The second kappa shape index (κ2) is 8.78. The van der Waals surface area contributed by atoms with Gasteiger partial charge in [0.25, 0.3) is 11.7 Å². The molecule has 0 spiro atoms. The molecule has 148 valence electrons. The zero-order valence-corrected chi connectivity index (χ0v) is 16.2. The second-order valence-corrected chi connectivity index (χ2v) is 6.67. The molecular weight excluding hydrogens is 358 g/mol. The number of ketones is 1. The van der Waals surface area contributed by atoms with Crippen molar-refractivity contribution in [3.05, 3.63) is 59.6 Å². The van der Waals surface area contributed by atoms with Gasteiger partial charge in [-0.2, -0.15) is 0 Å². The lowest BCUT2D eigenvalue weighted by Crippen LogP contribution is -2.30. The van der Waals surface area contributed by atoms with Crippen molar-refractivity contribution in [2.45, 2.75) is 39.2 Å². The Morgan fingerprint density at radius 2 is 1.89 bits per heavy atom. The monoisotopic (exact) mass is 383 g/mol. The van der Waals surface area contributed by atoms with Crippen LogP contribution in [0.15, 0.2) is 52.7 Å². The number of aliphatic hydroxyl groups excluding tert-OH is 1. The molecule has 1 aromatic carbocycles. The second-order valence-electron chi connectivity index (χ2n) is 6.67.